The molecule has 0 aliphatic carbocycles. The molecule has 4 aromatic rings. The first kappa shape index (κ1) is 16.5. The average molecular weight is 369 g/mol. The molecule has 0 spiro atoms. The molecule has 1 amide bonds. The molecule has 8 heteroatoms. The molecule has 0 bridgehead atoms. The Balaban J connectivity index is 1.47. The molecule has 132 valence electrons. The minimum absolute atomic E-state index is 0.0933. The van der Waals surface area contributed by atoms with Gasteiger partial charge in [0.15, 0.2) is 5.65 Å². The maximum Gasteiger partial charge on any atom is 0.255 e. The number of imidazole rings is 2. The minimum Gasteiger partial charge on any atom is -0.342 e. The number of hydrogen-bond acceptors (Lipinski definition) is 4. The van der Waals surface area contributed by atoms with E-state index in [0.717, 1.165) is 22.5 Å². The van der Waals surface area contributed by atoms with E-state index in [1.807, 2.05) is 29.8 Å². The number of amides is 1. The summed E-state index contributed by atoms with van der Waals surface area (Å²) in [6, 6.07) is 7.30. The molecule has 26 heavy (non-hydrogen) atoms. The third-order valence-corrected chi connectivity index (χ3v) is 4.56. The Bertz CT molecular complexity index is 1120. The van der Waals surface area contributed by atoms with Crippen molar-refractivity contribution in [1.29, 1.82) is 0 Å². The second kappa shape index (κ2) is 6.42. The summed E-state index contributed by atoms with van der Waals surface area (Å²) in [5.41, 5.74) is 3.75. The molecule has 0 atom stereocenters. The molecule has 0 saturated heterocycles. The van der Waals surface area contributed by atoms with E-state index in [9.17, 15) is 4.79 Å². The van der Waals surface area contributed by atoms with Crippen molar-refractivity contribution < 1.29 is 4.79 Å². The molecule has 0 radical (unpaired) electrons. The SMILES string of the molecule is CN(CCc1nc2ccc(Cl)cc2[nH]1)C(=O)c1cnc2c(c1)ncn2C. The van der Waals surface area contributed by atoms with E-state index in [2.05, 4.69) is 19.9 Å². The van der Waals surface area contributed by atoms with Crippen molar-refractivity contribution in [3.05, 3.63) is 53.2 Å². The van der Waals surface area contributed by atoms with Gasteiger partial charge in [-0.15, -0.1) is 0 Å². The molecule has 0 saturated carbocycles. The molecule has 0 unspecified atom stereocenters. The van der Waals surface area contributed by atoms with Crippen LogP contribution in [-0.2, 0) is 13.5 Å². The Hall–Kier alpha value is -2.93. The number of likely N-dealkylation sites (N-methyl/N-ethyl adjacent to an activating group) is 1. The number of benzene rings is 1. The number of nitrogens with zero attached hydrogens (tertiary/aromatic N) is 5. The lowest BCUT2D eigenvalue weighted by Crippen LogP contribution is -2.29. The number of carbonyl (C=O) groups excluding carboxylic acids is 1. The number of aromatic nitrogens is 5. The molecule has 0 aliphatic heterocycles. The van der Waals surface area contributed by atoms with Crippen molar-refractivity contribution in [3.8, 4) is 0 Å². The van der Waals surface area contributed by atoms with Crippen LogP contribution in [0.25, 0.3) is 22.2 Å². The summed E-state index contributed by atoms with van der Waals surface area (Å²) in [7, 11) is 3.64. The number of rotatable bonds is 4. The highest BCUT2D eigenvalue weighted by Gasteiger charge is 2.15. The van der Waals surface area contributed by atoms with Gasteiger partial charge in [-0.25, -0.2) is 15.0 Å². The zero-order valence-corrected chi connectivity index (χ0v) is 15.2. The topological polar surface area (TPSA) is 79.7 Å². The van der Waals surface area contributed by atoms with Crippen LogP contribution in [-0.4, -0.2) is 48.9 Å². The highest BCUT2D eigenvalue weighted by atomic mass is 35.5. The van der Waals surface area contributed by atoms with E-state index in [4.69, 9.17) is 11.6 Å². The number of H-pyrrole nitrogens is 1. The lowest BCUT2D eigenvalue weighted by Gasteiger charge is -2.16. The summed E-state index contributed by atoms with van der Waals surface area (Å²) >= 11 is 5.99. The van der Waals surface area contributed by atoms with E-state index in [1.54, 1.807) is 30.5 Å². The van der Waals surface area contributed by atoms with Gasteiger partial charge in [0.05, 0.1) is 22.9 Å². The fourth-order valence-corrected chi connectivity index (χ4v) is 3.05. The van der Waals surface area contributed by atoms with Gasteiger partial charge in [0.2, 0.25) is 0 Å². The maximum absolute atomic E-state index is 12.6. The molecule has 1 N–H and O–H groups in total. The number of aromatic amines is 1. The van der Waals surface area contributed by atoms with Crippen molar-refractivity contribution in [2.24, 2.45) is 7.05 Å². The van der Waals surface area contributed by atoms with Crippen LogP contribution in [0.3, 0.4) is 0 Å². The maximum atomic E-state index is 12.6. The van der Waals surface area contributed by atoms with E-state index >= 15 is 0 Å². The molecule has 3 heterocycles. The van der Waals surface area contributed by atoms with Crippen LogP contribution in [0.1, 0.15) is 16.2 Å². The molecule has 0 fully saturated rings. The number of halogens is 1. The monoisotopic (exact) mass is 368 g/mol. The first-order valence-electron chi connectivity index (χ1n) is 8.18. The molecular weight excluding hydrogens is 352 g/mol. The van der Waals surface area contributed by atoms with Crippen LogP contribution < -0.4 is 0 Å². The number of pyridine rings is 1. The van der Waals surface area contributed by atoms with Crippen LogP contribution in [0, 0.1) is 0 Å². The Kier molecular flexibility index (Phi) is 4.08. The van der Waals surface area contributed by atoms with Crippen LogP contribution >= 0.6 is 11.6 Å². The summed E-state index contributed by atoms with van der Waals surface area (Å²) in [4.78, 5) is 30.6. The van der Waals surface area contributed by atoms with Crippen molar-refractivity contribution in [2.45, 2.75) is 6.42 Å². The van der Waals surface area contributed by atoms with Gasteiger partial charge in [0, 0.05) is 38.3 Å². The molecule has 3 aromatic heterocycles. The average Bonchev–Trinajstić information content (AvgIpc) is 3.21. The predicted molar refractivity (Wildman–Crippen MR) is 100 cm³/mol. The van der Waals surface area contributed by atoms with Crippen molar-refractivity contribution in [1.82, 2.24) is 29.4 Å². The van der Waals surface area contributed by atoms with Gasteiger partial charge >= 0.3 is 0 Å². The summed E-state index contributed by atoms with van der Waals surface area (Å²) in [6.45, 7) is 0.534. The van der Waals surface area contributed by atoms with E-state index in [1.165, 1.54) is 0 Å². The quantitative estimate of drug-likeness (QED) is 0.600. The summed E-state index contributed by atoms with van der Waals surface area (Å²) in [5.74, 6) is 0.726. The number of nitrogens with one attached hydrogen (secondary N) is 1. The minimum atomic E-state index is -0.0933. The predicted octanol–water partition coefficient (Wildman–Crippen LogP) is 2.81. The zero-order chi connectivity index (χ0) is 18.3. The Morgan fingerprint density at radius 2 is 2.12 bits per heavy atom. The van der Waals surface area contributed by atoms with Crippen molar-refractivity contribution in [2.75, 3.05) is 13.6 Å². The summed E-state index contributed by atoms with van der Waals surface area (Å²) in [6.07, 6.45) is 3.89. The van der Waals surface area contributed by atoms with Crippen LogP contribution in [0.4, 0.5) is 0 Å². The second-order valence-corrected chi connectivity index (χ2v) is 6.68. The summed E-state index contributed by atoms with van der Waals surface area (Å²) in [5, 5.41) is 0.664. The van der Waals surface area contributed by atoms with Gasteiger partial charge < -0.3 is 14.5 Å². The van der Waals surface area contributed by atoms with E-state index in [-0.39, 0.29) is 5.91 Å². The van der Waals surface area contributed by atoms with Gasteiger partial charge in [0.25, 0.3) is 5.91 Å². The Morgan fingerprint density at radius 3 is 2.96 bits per heavy atom. The van der Waals surface area contributed by atoms with Gasteiger partial charge in [-0.2, -0.15) is 0 Å². The molecule has 7 nitrogen and oxygen atoms in total. The molecule has 4 rings (SSSR count). The largest absolute Gasteiger partial charge is 0.342 e. The van der Waals surface area contributed by atoms with Crippen LogP contribution in [0.5, 0.6) is 0 Å². The van der Waals surface area contributed by atoms with Crippen LogP contribution in [0.15, 0.2) is 36.8 Å². The molecule has 1 aromatic carbocycles. The fourth-order valence-electron chi connectivity index (χ4n) is 2.88. The standard InChI is InChI=1S/C18H17ClN6O/c1-24(6-5-16-22-13-4-3-12(19)8-14(13)23-16)18(26)11-7-15-17(20-9-11)25(2)10-21-15/h3-4,7-10H,5-6H2,1-2H3,(H,22,23). The second-order valence-electron chi connectivity index (χ2n) is 6.24. The Morgan fingerprint density at radius 1 is 1.27 bits per heavy atom. The highest BCUT2D eigenvalue weighted by molar-refractivity contribution is 6.31. The normalized spacial score (nSPS) is 11.3. The smallest absolute Gasteiger partial charge is 0.255 e. The molecule has 0 aliphatic rings. The van der Waals surface area contributed by atoms with Gasteiger partial charge in [-0.05, 0) is 24.3 Å². The molecular formula is C18H17ClN6O. The van der Waals surface area contributed by atoms with E-state index < -0.39 is 0 Å². The third-order valence-electron chi connectivity index (χ3n) is 4.32. The van der Waals surface area contributed by atoms with Gasteiger partial charge in [-0.3, -0.25) is 4.79 Å². The van der Waals surface area contributed by atoms with Crippen LogP contribution in [0.2, 0.25) is 5.02 Å². The highest BCUT2D eigenvalue weighted by Crippen LogP contribution is 2.17. The number of fused-ring (bicyclic) bond motifs is 2. The van der Waals surface area contributed by atoms with Gasteiger partial charge in [-0.1, -0.05) is 11.6 Å². The first-order valence-corrected chi connectivity index (χ1v) is 8.56. The van der Waals surface area contributed by atoms with Crippen molar-refractivity contribution in [3.63, 3.8) is 0 Å². The van der Waals surface area contributed by atoms with Crippen molar-refractivity contribution >= 4 is 39.7 Å². The number of carbonyl (C=O) groups is 1. The first-order chi connectivity index (χ1) is 12.5. The van der Waals surface area contributed by atoms with E-state index in [0.29, 0.717) is 29.1 Å². The Labute approximate surface area is 154 Å². The fraction of sp³-hybridized carbons (Fsp3) is 0.222. The lowest BCUT2D eigenvalue weighted by atomic mass is 10.2. The van der Waals surface area contributed by atoms with Gasteiger partial charge in [0.1, 0.15) is 11.3 Å². The lowest BCUT2D eigenvalue weighted by molar-refractivity contribution is 0.0796. The number of aryl methyl sites for hydroxylation is 1. The summed E-state index contributed by atoms with van der Waals surface area (Å²) < 4.78 is 1.82. The zero-order valence-electron chi connectivity index (χ0n) is 14.4. The third kappa shape index (κ3) is 3.01. The number of hydrogen-bond donors (Lipinski definition) is 1.